The van der Waals surface area contributed by atoms with Gasteiger partial charge in [0.15, 0.2) is 0 Å². The molecule has 0 unspecified atom stereocenters. The number of carbonyl (C=O) groups is 1. The Kier molecular flexibility index (Phi) is 6.92. The fourth-order valence-electron chi connectivity index (χ4n) is 5.01. The number of anilines is 1. The Balaban J connectivity index is 1.41. The zero-order valence-electron chi connectivity index (χ0n) is 21.1. The highest BCUT2D eigenvalue weighted by Crippen LogP contribution is 2.29. The second-order valence-electron chi connectivity index (χ2n) is 9.31. The molecule has 0 radical (unpaired) electrons. The largest absolute Gasteiger partial charge is 0.368 e. The molecule has 2 heterocycles. The average Bonchev–Trinajstić information content (AvgIpc) is 3.22. The van der Waals surface area contributed by atoms with Crippen LogP contribution in [0.2, 0.25) is 0 Å². The summed E-state index contributed by atoms with van der Waals surface area (Å²) in [7, 11) is 0. The van der Waals surface area contributed by atoms with E-state index < -0.39 is 4.92 Å². The van der Waals surface area contributed by atoms with Gasteiger partial charge in [0.25, 0.3) is 11.6 Å². The van der Waals surface area contributed by atoms with Crippen LogP contribution < -0.4 is 4.90 Å². The maximum atomic E-state index is 13.4. The third-order valence-corrected chi connectivity index (χ3v) is 7.10. The third-order valence-electron chi connectivity index (χ3n) is 7.10. The van der Waals surface area contributed by atoms with Gasteiger partial charge < -0.3 is 14.4 Å². The Morgan fingerprint density at radius 3 is 2.29 bits per heavy atom. The van der Waals surface area contributed by atoms with Crippen LogP contribution in [0.1, 0.15) is 16.8 Å². The van der Waals surface area contributed by atoms with E-state index in [0.717, 1.165) is 33.4 Å². The number of fused-ring (bicyclic) bond motifs is 1. The van der Waals surface area contributed by atoms with Gasteiger partial charge in [-0.2, -0.15) is 5.26 Å². The number of nitro groups is 1. The number of nitrogens with zero attached hydrogens (tertiary/aromatic N) is 5. The summed E-state index contributed by atoms with van der Waals surface area (Å²) in [6.45, 7) is 5.00. The molecule has 38 heavy (non-hydrogen) atoms. The molecule has 1 aliphatic heterocycles. The number of nitriles is 1. The minimum absolute atomic E-state index is 0.0493. The molecule has 8 heteroatoms. The molecule has 0 atom stereocenters. The number of hydrogen-bond donors (Lipinski definition) is 0. The second-order valence-corrected chi connectivity index (χ2v) is 9.31. The number of amides is 1. The summed E-state index contributed by atoms with van der Waals surface area (Å²) in [5, 5.41) is 21.9. The van der Waals surface area contributed by atoms with Crippen LogP contribution in [0.25, 0.3) is 17.0 Å². The van der Waals surface area contributed by atoms with Gasteiger partial charge in [-0.1, -0.05) is 48.5 Å². The molecular weight excluding hydrogens is 478 g/mol. The fraction of sp³-hybridized carbons (Fsp3) is 0.200. The van der Waals surface area contributed by atoms with Gasteiger partial charge >= 0.3 is 0 Å². The maximum Gasteiger partial charge on any atom is 0.269 e. The van der Waals surface area contributed by atoms with Crippen LogP contribution in [-0.4, -0.2) is 46.5 Å². The summed E-state index contributed by atoms with van der Waals surface area (Å²) in [6, 6.07) is 26.6. The predicted octanol–water partition coefficient (Wildman–Crippen LogP) is 5.16. The van der Waals surface area contributed by atoms with Crippen molar-refractivity contribution >= 4 is 34.3 Å². The molecule has 190 valence electrons. The molecule has 0 spiro atoms. The lowest BCUT2D eigenvalue weighted by atomic mass is 10.1. The van der Waals surface area contributed by atoms with Crippen LogP contribution in [0.3, 0.4) is 0 Å². The average molecular weight is 506 g/mol. The summed E-state index contributed by atoms with van der Waals surface area (Å²) in [5.74, 6) is -0.258. The number of non-ortho nitro benzene ring substituents is 1. The third kappa shape index (κ3) is 4.87. The molecular formula is C30H27N5O3. The van der Waals surface area contributed by atoms with Crippen molar-refractivity contribution in [1.82, 2.24) is 9.47 Å². The molecule has 0 N–H and O–H groups in total. The monoisotopic (exact) mass is 505 g/mol. The lowest BCUT2D eigenvalue weighted by Gasteiger charge is -2.36. The minimum atomic E-state index is -0.412. The topological polar surface area (TPSA) is 95.4 Å². The van der Waals surface area contributed by atoms with Crippen molar-refractivity contribution in [3.63, 3.8) is 0 Å². The highest BCUT2D eigenvalue weighted by Gasteiger charge is 2.25. The maximum absolute atomic E-state index is 13.4. The highest BCUT2D eigenvalue weighted by atomic mass is 16.6. The lowest BCUT2D eigenvalue weighted by Crippen LogP contribution is -2.49. The van der Waals surface area contributed by atoms with E-state index in [9.17, 15) is 20.2 Å². The predicted molar refractivity (Wildman–Crippen MR) is 148 cm³/mol. The van der Waals surface area contributed by atoms with E-state index in [2.05, 4.69) is 27.7 Å². The van der Waals surface area contributed by atoms with Crippen molar-refractivity contribution in [2.75, 3.05) is 31.1 Å². The number of hydrogen-bond acceptors (Lipinski definition) is 5. The van der Waals surface area contributed by atoms with Crippen molar-refractivity contribution in [3.8, 4) is 6.07 Å². The first-order valence-corrected chi connectivity index (χ1v) is 12.5. The molecule has 0 aliphatic carbocycles. The summed E-state index contributed by atoms with van der Waals surface area (Å²) in [4.78, 5) is 28.0. The molecule has 1 saturated heterocycles. The second kappa shape index (κ2) is 10.6. The Bertz CT molecular complexity index is 1560. The van der Waals surface area contributed by atoms with Crippen LogP contribution >= 0.6 is 0 Å². The Morgan fingerprint density at radius 1 is 0.974 bits per heavy atom. The minimum Gasteiger partial charge on any atom is -0.368 e. The standard InChI is InChI=1S/C30H27N5O3/c1-22-28(19-24(20-31)30(36)33-17-15-32(16-18-33)25-7-3-2-4-8-25)27-9-5-6-10-29(27)34(22)21-23-11-13-26(14-12-23)35(37)38/h2-14,19H,15-18,21H2,1H3/b24-19-. The Labute approximate surface area is 220 Å². The zero-order chi connectivity index (χ0) is 26.6. The lowest BCUT2D eigenvalue weighted by molar-refractivity contribution is -0.384. The van der Waals surface area contributed by atoms with E-state index in [-0.39, 0.29) is 17.2 Å². The van der Waals surface area contributed by atoms with E-state index in [4.69, 9.17) is 0 Å². The number of rotatable bonds is 6. The van der Waals surface area contributed by atoms with E-state index in [1.165, 1.54) is 12.1 Å². The van der Waals surface area contributed by atoms with Gasteiger partial charge in [-0.3, -0.25) is 14.9 Å². The van der Waals surface area contributed by atoms with Gasteiger partial charge in [-0.05, 0) is 36.8 Å². The van der Waals surface area contributed by atoms with Gasteiger partial charge in [-0.15, -0.1) is 0 Å². The molecule has 1 amide bonds. The Morgan fingerprint density at radius 2 is 1.63 bits per heavy atom. The van der Waals surface area contributed by atoms with Crippen LogP contribution in [0.15, 0.2) is 84.4 Å². The molecule has 3 aromatic carbocycles. The summed E-state index contributed by atoms with van der Waals surface area (Å²) >= 11 is 0. The number of benzene rings is 3. The van der Waals surface area contributed by atoms with Crippen LogP contribution in [-0.2, 0) is 11.3 Å². The number of nitro benzene ring substituents is 1. The Hall–Kier alpha value is -4.90. The van der Waals surface area contributed by atoms with Crippen LogP contribution in [0.4, 0.5) is 11.4 Å². The first kappa shape index (κ1) is 24.8. The van der Waals surface area contributed by atoms with E-state index in [1.807, 2.05) is 49.4 Å². The van der Waals surface area contributed by atoms with E-state index in [0.29, 0.717) is 32.7 Å². The van der Waals surface area contributed by atoms with E-state index >= 15 is 0 Å². The number of piperazine rings is 1. The molecule has 8 nitrogen and oxygen atoms in total. The summed E-state index contributed by atoms with van der Waals surface area (Å²) in [6.07, 6.45) is 1.70. The molecule has 0 bridgehead atoms. The van der Waals surface area contributed by atoms with Gasteiger partial charge in [0.1, 0.15) is 11.6 Å². The van der Waals surface area contributed by atoms with Crippen molar-refractivity contribution in [3.05, 3.63) is 111 Å². The fourth-order valence-corrected chi connectivity index (χ4v) is 5.01. The molecule has 4 aromatic rings. The SMILES string of the molecule is Cc1c(/C=C(/C#N)C(=O)N2CCN(c3ccccc3)CC2)c2ccccc2n1Cc1ccc([N+](=O)[O-])cc1. The summed E-state index contributed by atoms with van der Waals surface area (Å²) < 4.78 is 2.11. The molecule has 5 rings (SSSR count). The molecule has 0 saturated carbocycles. The smallest absolute Gasteiger partial charge is 0.269 e. The van der Waals surface area contributed by atoms with E-state index in [1.54, 1.807) is 23.1 Å². The highest BCUT2D eigenvalue weighted by molar-refractivity contribution is 6.04. The first-order valence-electron chi connectivity index (χ1n) is 12.5. The van der Waals surface area contributed by atoms with Crippen LogP contribution in [0, 0.1) is 28.4 Å². The first-order chi connectivity index (χ1) is 18.5. The zero-order valence-corrected chi connectivity index (χ0v) is 21.1. The molecule has 1 aromatic heterocycles. The van der Waals surface area contributed by atoms with Crippen molar-refractivity contribution < 1.29 is 9.72 Å². The number of para-hydroxylation sites is 2. The van der Waals surface area contributed by atoms with Gasteiger partial charge in [0.05, 0.1) is 4.92 Å². The van der Waals surface area contributed by atoms with Crippen molar-refractivity contribution in [2.24, 2.45) is 0 Å². The van der Waals surface area contributed by atoms with Crippen LogP contribution in [0.5, 0.6) is 0 Å². The van der Waals surface area contributed by atoms with Gasteiger partial charge in [-0.25, -0.2) is 0 Å². The quantitative estimate of drug-likeness (QED) is 0.156. The summed E-state index contributed by atoms with van der Waals surface area (Å²) in [5.41, 5.74) is 4.92. The molecule has 1 aliphatic rings. The van der Waals surface area contributed by atoms with Gasteiger partial charge in [0.2, 0.25) is 0 Å². The normalized spacial score (nSPS) is 13.9. The number of carbonyl (C=O) groups excluding carboxylic acids is 1. The molecule has 1 fully saturated rings. The van der Waals surface area contributed by atoms with Crippen molar-refractivity contribution in [2.45, 2.75) is 13.5 Å². The van der Waals surface area contributed by atoms with Crippen molar-refractivity contribution in [1.29, 1.82) is 5.26 Å². The van der Waals surface area contributed by atoms with Gasteiger partial charge in [0, 0.05) is 72.7 Å². The number of aromatic nitrogens is 1.